The summed E-state index contributed by atoms with van der Waals surface area (Å²) in [5, 5.41) is 12.1. The van der Waals surface area contributed by atoms with E-state index in [9.17, 15) is 5.11 Å². The molecular weight excluding hydrogens is 370 g/mol. The van der Waals surface area contributed by atoms with E-state index in [1.165, 1.54) is 22.3 Å². The molecule has 4 rings (SSSR count). The molecule has 0 aliphatic rings. The summed E-state index contributed by atoms with van der Waals surface area (Å²) in [5.74, 6) is 0.487. The molecule has 0 amide bonds. The van der Waals surface area contributed by atoms with Gasteiger partial charge in [-0.05, 0) is 80.8 Å². The van der Waals surface area contributed by atoms with Gasteiger partial charge in [0.25, 0.3) is 0 Å². The van der Waals surface area contributed by atoms with Crippen LogP contribution in [0.25, 0.3) is 21.8 Å². The van der Waals surface area contributed by atoms with Crippen LogP contribution in [0.15, 0.2) is 54.7 Å². The number of nitrogens with two attached hydrogens (primary N) is 1. The highest BCUT2D eigenvalue weighted by Crippen LogP contribution is 2.30. The van der Waals surface area contributed by atoms with E-state index in [1.54, 1.807) is 0 Å². The number of aryl methyl sites for hydroxylation is 4. The molecule has 0 spiro atoms. The third-order valence-corrected chi connectivity index (χ3v) is 5.67. The fourth-order valence-electron chi connectivity index (χ4n) is 3.93. The second-order valence-corrected chi connectivity index (χ2v) is 8.84. The zero-order chi connectivity index (χ0) is 21.3. The van der Waals surface area contributed by atoms with E-state index >= 15 is 0 Å². The number of rotatable bonds is 6. The third kappa shape index (κ3) is 4.44. The third-order valence-electron chi connectivity index (χ3n) is 5.67. The highest BCUT2D eigenvalue weighted by molar-refractivity contribution is 6.09. The zero-order valence-corrected chi connectivity index (χ0v) is 17.9. The maximum Gasteiger partial charge on any atom is 0.150 e. The van der Waals surface area contributed by atoms with Crippen LogP contribution in [0, 0.1) is 6.92 Å². The van der Waals surface area contributed by atoms with Gasteiger partial charge in [0, 0.05) is 17.0 Å². The lowest BCUT2D eigenvalue weighted by molar-refractivity contribution is 0.0714. The first-order valence-corrected chi connectivity index (χ1v) is 10.5. The minimum absolute atomic E-state index is 0.487. The van der Waals surface area contributed by atoms with Crippen molar-refractivity contribution in [2.75, 3.05) is 5.73 Å². The largest absolute Gasteiger partial charge is 0.390 e. The number of hydrogen-bond donors (Lipinski definition) is 2. The Morgan fingerprint density at radius 1 is 0.933 bits per heavy atom. The number of aliphatic hydroxyl groups is 1. The molecule has 2 heterocycles. The summed E-state index contributed by atoms with van der Waals surface area (Å²) in [4.78, 5) is 9.08. The van der Waals surface area contributed by atoms with E-state index in [1.807, 2.05) is 20.0 Å². The van der Waals surface area contributed by atoms with E-state index in [-0.39, 0.29) is 0 Å². The van der Waals surface area contributed by atoms with Crippen molar-refractivity contribution < 1.29 is 5.11 Å². The molecule has 2 aromatic heterocycles. The first kappa shape index (κ1) is 20.3. The van der Waals surface area contributed by atoms with Gasteiger partial charge in [-0.25, -0.2) is 4.98 Å². The summed E-state index contributed by atoms with van der Waals surface area (Å²) in [6.45, 7) is 5.78. The lowest BCUT2D eigenvalue weighted by Gasteiger charge is -2.16. The molecule has 0 saturated carbocycles. The lowest BCUT2D eigenvalue weighted by Crippen LogP contribution is -2.19. The van der Waals surface area contributed by atoms with Crippen molar-refractivity contribution in [3.8, 4) is 0 Å². The molecule has 0 unspecified atom stereocenters. The molecule has 0 bridgehead atoms. The van der Waals surface area contributed by atoms with Gasteiger partial charge in [-0.2, -0.15) is 0 Å². The molecule has 0 atom stereocenters. The van der Waals surface area contributed by atoms with Gasteiger partial charge in [-0.3, -0.25) is 4.98 Å². The number of fused-ring (bicyclic) bond motifs is 3. The molecular formula is C26H29N3O. The lowest BCUT2D eigenvalue weighted by atomic mass is 9.96. The van der Waals surface area contributed by atoms with Crippen LogP contribution in [-0.2, 0) is 19.3 Å². The van der Waals surface area contributed by atoms with Crippen molar-refractivity contribution in [3.05, 3.63) is 77.0 Å². The fourth-order valence-corrected chi connectivity index (χ4v) is 3.93. The molecule has 30 heavy (non-hydrogen) atoms. The van der Waals surface area contributed by atoms with Crippen molar-refractivity contribution in [3.63, 3.8) is 0 Å². The van der Waals surface area contributed by atoms with Crippen LogP contribution in [-0.4, -0.2) is 20.7 Å². The highest BCUT2D eigenvalue weighted by Gasteiger charge is 2.13. The number of aromatic nitrogens is 2. The molecule has 4 aromatic rings. The topological polar surface area (TPSA) is 72.0 Å². The maximum atomic E-state index is 9.92. The Balaban J connectivity index is 1.59. The van der Waals surface area contributed by atoms with Crippen LogP contribution in [0.1, 0.15) is 42.5 Å². The Morgan fingerprint density at radius 2 is 1.63 bits per heavy atom. The molecule has 0 aliphatic heterocycles. The molecule has 0 aliphatic carbocycles. The minimum atomic E-state index is -0.626. The van der Waals surface area contributed by atoms with Gasteiger partial charge in [0.15, 0.2) is 5.82 Å². The van der Waals surface area contributed by atoms with Crippen LogP contribution in [0.4, 0.5) is 5.82 Å². The maximum absolute atomic E-state index is 9.92. The summed E-state index contributed by atoms with van der Waals surface area (Å²) in [7, 11) is 0. The minimum Gasteiger partial charge on any atom is -0.390 e. The summed E-state index contributed by atoms with van der Waals surface area (Å²) in [6, 6.07) is 17.1. The smallest absolute Gasteiger partial charge is 0.150 e. The van der Waals surface area contributed by atoms with Gasteiger partial charge >= 0.3 is 0 Å². The fraction of sp³-hybridized carbons (Fsp3) is 0.308. The average Bonchev–Trinajstić information content (AvgIpc) is 2.71. The van der Waals surface area contributed by atoms with Crippen LogP contribution >= 0.6 is 0 Å². The standard InChI is InChI=1S/C26H29N3O/c1-17-4-11-21-22(16-17)29-25(27)24-23(21)20(13-15-28-24)10-9-18-5-7-19(8-6-18)12-14-26(2,3)30/h4-8,11,13,15-16,30H,9-10,12,14H2,1-3H3,(H2,27,29). The summed E-state index contributed by atoms with van der Waals surface area (Å²) in [5.41, 5.74) is 12.3. The predicted molar refractivity (Wildman–Crippen MR) is 125 cm³/mol. The van der Waals surface area contributed by atoms with Gasteiger partial charge in [0.05, 0.1) is 11.1 Å². The molecule has 2 aromatic carbocycles. The molecule has 3 N–H and O–H groups in total. The Bertz CT molecular complexity index is 1190. The number of hydrogen-bond acceptors (Lipinski definition) is 4. The number of pyridine rings is 2. The van der Waals surface area contributed by atoms with Crippen molar-refractivity contribution in [2.24, 2.45) is 0 Å². The van der Waals surface area contributed by atoms with Crippen LogP contribution in [0.2, 0.25) is 0 Å². The molecule has 4 nitrogen and oxygen atoms in total. The quantitative estimate of drug-likeness (QED) is 0.439. The Morgan fingerprint density at radius 3 is 2.33 bits per heavy atom. The van der Waals surface area contributed by atoms with Gasteiger partial charge in [-0.15, -0.1) is 0 Å². The van der Waals surface area contributed by atoms with Crippen molar-refractivity contribution in [2.45, 2.75) is 52.1 Å². The zero-order valence-electron chi connectivity index (χ0n) is 17.9. The number of nitrogens with zero attached hydrogens (tertiary/aromatic N) is 2. The van der Waals surface area contributed by atoms with E-state index in [4.69, 9.17) is 5.73 Å². The first-order valence-electron chi connectivity index (χ1n) is 10.5. The predicted octanol–water partition coefficient (Wildman–Crippen LogP) is 5.16. The first-order chi connectivity index (χ1) is 14.3. The molecule has 0 fully saturated rings. The van der Waals surface area contributed by atoms with Gasteiger partial charge in [0.1, 0.15) is 5.52 Å². The molecule has 154 valence electrons. The van der Waals surface area contributed by atoms with Crippen molar-refractivity contribution >= 4 is 27.6 Å². The summed E-state index contributed by atoms with van der Waals surface area (Å²) >= 11 is 0. The van der Waals surface area contributed by atoms with Gasteiger partial charge in [-0.1, -0.05) is 36.4 Å². The Kier molecular flexibility index (Phi) is 5.44. The second-order valence-electron chi connectivity index (χ2n) is 8.84. The average molecular weight is 400 g/mol. The molecule has 4 heteroatoms. The van der Waals surface area contributed by atoms with Gasteiger partial charge in [0.2, 0.25) is 0 Å². The number of benzene rings is 2. The van der Waals surface area contributed by atoms with Crippen LogP contribution in [0.3, 0.4) is 0 Å². The number of anilines is 1. The monoisotopic (exact) mass is 399 g/mol. The molecule has 0 radical (unpaired) electrons. The Hall–Kier alpha value is -2.98. The number of nitrogen functional groups attached to an aromatic ring is 1. The molecule has 0 saturated heterocycles. The summed E-state index contributed by atoms with van der Waals surface area (Å²) < 4.78 is 0. The summed E-state index contributed by atoms with van der Waals surface area (Å²) in [6.07, 6.45) is 5.33. The Labute approximate surface area is 177 Å². The second kappa shape index (κ2) is 8.04. The van der Waals surface area contributed by atoms with E-state index < -0.39 is 5.60 Å². The van der Waals surface area contributed by atoms with Gasteiger partial charge < -0.3 is 10.8 Å². The van der Waals surface area contributed by atoms with E-state index in [0.717, 1.165) is 47.5 Å². The normalized spacial score (nSPS) is 12.0. The van der Waals surface area contributed by atoms with Crippen molar-refractivity contribution in [1.29, 1.82) is 0 Å². The van der Waals surface area contributed by atoms with Crippen LogP contribution in [0.5, 0.6) is 0 Å². The highest BCUT2D eigenvalue weighted by atomic mass is 16.3. The van der Waals surface area contributed by atoms with Crippen LogP contribution < -0.4 is 5.73 Å². The SMILES string of the molecule is Cc1ccc2c(c1)nc(N)c1nccc(CCc3ccc(CCC(C)(C)O)cc3)c12. The van der Waals surface area contributed by atoms with E-state index in [2.05, 4.69) is 65.4 Å². The van der Waals surface area contributed by atoms with E-state index in [0.29, 0.717) is 5.82 Å². The van der Waals surface area contributed by atoms with Crippen molar-refractivity contribution in [1.82, 2.24) is 9.97 Å².